The number of piperidine rings is 1. The highest BCUT2D eigenvalue weighted by Crippen LogP contribution is 2.25. The van der Waals surface area contributed by atoms with Crippen molar-refractivity contribution in [3.63, 3.8) is 0 Å². The Kier molecular flexibility index (Phi) is 4.05. The van der Waals surface area contributed by atoms with Gasteiger partial charge in [-0.2, -0.15) is 0 Å². The first-order chi connectivity index (χ1) is 10.3. The van der Waals surface area contributed by atoms with Gasteiger partial charge in [-0.05, 0) is 50.5 Å². The van der Waals surface area contributed by atoms with Crippen molar-refractivity contribution >= 4 is 11.5 Å². The monoisotopic (exact) mass is 279 g/mol. The Labute approximate surface area is 126 Å². The zero-order valence-electron chi connectivity index (χ0n) is 12.5. The van der Waals surface area contributed by atoms with E-state index in [1.807, 2.05) is 42.5 Å². The van der Waals surface area contributed by atoms with E-state index < -0.39 is 0 Å². The summed E-state index contributed by atoms with van der Waals surface area (Å²) in [5, 5.41) is 0. The van der Waals surface area contributed by atoms with Crippen molar-refractivity contribution in [3.05, 3.63) is 65.7 Å². The first kappa shape index (κ1) is 13.9. The molecule has 3 rings (SSSR count). The topological polar surface area (TPSA) is 20.3 Å². The summed E-state index contributed by atoms with van der Waals surface area (Å²) in [6.45, 7) is 3.40. The van der Waals surface area contributed by atoms with Gasteiger partial charge in [0.2, 0.25) is 0 Å². The molecule has 0 saturated carbocycles. The van der Waals surface area contributed by atoms with Gasteiger partial charge in [0.15, 0.2) is 5.78 Å². The molecule has 0 radical (unpaired) electrons. The van der Waals surface area contributed by atoms with Gasteiger partial charge in [-0.1, -0.05) is 30.3 Å². The van der Waals surface area contributed by atoms with Crippen molar-refractivity contribution in [1.82, 2.24) is 0 Å². The molecule has 1 saturated heterocycles. The van der Waals surface area contributed by atoms with Crippen molar-refractivity contribution in [1.29, 1.82) is 0 Å². The molecule has 1 unspecified atom stereocenters. The van der Waals surface area contributed by atoms with Gasteiger partial charge in [0.25, 0.3) is 0 Å². The number of hydrogen-bond donors (Lipinski definition) is 0. The summed E-state index contributed by atoms with van der Waals surface area (Å²) in [6, 6.07) is 18.1. The molecular formula is C19H21NO. The smallest absolute Gasteiger partial charge is 0.193 e. The second kappa shape index (κ2) is 6.13. The molecule has 1 atom stereocenters. The van der Waals surface area contributed by atoms with Crippen LogP contribution < -0.4 is 4.90 Å². The highest BCUT2D eigenvalue weighted by atomic mass is 16.1. The maximum absolute atomic E-state index is 12.4. The molecule has 0 aliphatic carbocycles. The summed E-state index contributed by atoms with van der Waals surface area (Å²) in [6.07, 6.45) is 3.84. The van der Waals surface area contributed by atoms with E-state index in [0.717, 1.165) is 17.7 Å². The summed E-state index contributed by atoms with van der Waals surface area (Å²) in [5.41, 5.74) is 2.73. The van der Waals surface area contributed by atoms with E-state index in [2.05, 4.69) is 24.0 Å². The molecule has 0 amide bonds. The summed E-state index contributed by atoms with van der Waals surface area (Å²) in [7, 11) is 0. The maximum Gasteiger partial charge on any atom is 0.193 e. The molecule has 1 heterocycles. The van der Waals surface area contributed by atoms with Crippen molar-refractivity contribution in [2.45, 2.75) is 32.2 Å². The van der Waals surface area contributed by atoms with Crippen LogP contribution in [0.15, 0.2) is 54.6 Å². The lowest BCUT2D eigenvalue weighted by atomic mass is 10.0. The maximum atomic E-state index is 12.4. The number of carbonyl (C=O) groups is 1. The molecule has 2 aromatic carbocycles. The lowest BCUT2D eigenvalue weighted by Crippen LogP contribution is -2.37. The molecule has 1 aliphatic heterocycles. The van der Waals surface area contributed by atoms with Crippen LogP contribution in [-0.4, -0.2) is 18.4 Å². The molecule has 108 valence electrons. The van der Waals surface area contributed by atoms with Gasteiger partial charge in [-0.3, -0.25) is 4.79 Å². The van der Waals surface area contributed by atoms with Crippen molar-refractivity contribution in [2.75, 3.05) is 11.4 Å². The molecule has 2 aromatic rings. The summed E-state index contributed by atoms with van der Waals surface area (Å²) in [5.74, 6) is 0.0915. The standard InChI is InChI=1S/C19H21NO/c1-15-7-5-6-14-20(15)18-12-10-17(11-13-18)19(21)16-8-3-2-4-9-16/h2-4,8-13,15H,5-7,14H2,1H3. The highest BCUT2D eigenvalue weighted by Gasteiger charge is 2.18. The first-order valence-corrected chi connectivity index (χ1v) is 7.72. The largest absolute Gasteiger partial charge is 0.369 e. The van der Waals surface area contributed by atoms with E-state index in [1.165, 1.54) is 24.9 Å². The number of benzene rings is 2. The van der Waals surface area contributed by atoms with Crippen LogP contribution >= 0.6 is 0 Å². The minimum atomic E-state index is 0.0915. The van der Waals surface area contributed by atoms with Crippen LogP contribution in [0.1, 0.15) is 42.1 Å². The van der Waals surface area contributed by atoms with E-state index in [0.29, 0.717) is 6.04 Å². The fourth-order valence-electron chi connectivity index (χ4n) is 3.04. The minimum absolute atomic E-state index is 0.0915. The van der Waals surface area contributed by atoms with Gasteiger partial charge in [0.05, 0.1) is 0 Å². The van der Waals surface area contributed by atoms with Crippen molar-refractivity contribution in [2.24, 2.45) is 0 Å². The van der Waals surface area contributed by atoms with Gasteiger partial charge in [0.1, 0.15) is 0 Å². The van der Waals surface area contributed by atoms with Gasteiger partial charge in [-0.25, -0.2) is 0 Å². The number of rotatable bonds is 3. The Morgan fingerprint density at radius 2 is 1.62 bits per heavy atom. The predicted octanol–water partition coefficient (Wildman–Crippen LogP) is 4.30. The molecule has 1 aliphatic rings. The lowest BCUT2D eigenvalue weighted by molar-refractivity contribution is 0.103. The van der Waals surface area contributed by atoms with Gasteiger partial charge >= 0.3 is 0 Å². The Hall–Kier alpha value is -2.09. The zero-order valence-corrected chi connectivity index (χ0v) is 12.5. The number of hydrogen-bond acceptors (Lipinski definition) is 2. The fraction of sp³-hybridized carbons (Fsp3) is 0.316. The molecule has 0 spiro atoms. The Morgan fingerprint density at radius 1 is 0.952 bits per heavy atom. The van der Waals surface area contributed by atoms with E-state index in [9.17, 15) is 4.79 Å². The third kappa shape index (κ3) is 2.99. The van der Waals surface area contributed by atoms with Gasteiger partial charge in [-0.15, -0.1) is 0 Å². The molecule has 0 aromatic heterocycles. The number of carbonyl (C=O) groups excluding carboxylic acids is 1. The summed E-state index contributed by atoms with van der Waals surface area (Å²) in [4.78, 5) is 14.8. The fourth-order valence-corrected chi connectivity index (χ4v) is 3.04. The normalized spacial score (nSPS) is 18.5. The summed E-state index contributed by atoms with van der Waals surface area (Å²) < 4.78 is 0. The van der Waals surface area contributed by atoms with Crippen LogP contribution in [0.25, 0.3) is 0 Å². The second-order valence-electron chi connectivity index (χ2n) is 5.78. The van der Waals surface area contributed by atoms with Gasteiger partial charge in [0, 0.05) is 29.4 Å². The zero-order chi connectivity index (χ0) is 14.7. The third-order valence-electron chi connectivity index (χ3n) is 4.30. The molecule has 2 heteroatoms. The van der Waals surface area contributed by atoms with Crippen LogP contribution in [0.3, 0.4) is 0 Å². The number of nitrogens with zero attached hydrogens (tertiary/aromatic N) is 1. The van der Waals surface area contributed by atoms with Gasteiger partial charge < -0.3 is 4.90 Å². The van der Waals surface area contributed by atoms with Crippen LogP contribution in [0.2, 0.25) is 0 Å². The van der Waals surface area contributed by atoms with E-state index in [4.69, 9.17) is 0 Å². The molecular weight excluding hydrogens is 258 g/mol. The minimum Gasteiger partial charge on any atom is -0.369 e. The number of ketones is 1. The Morgan fingerprint density at radius 3 is 2.29 bits per heavy atom. The van der Waals surface area contributed by atoms with E-state index in [1.54, 1.807) is 0 Å². The molecule has 0 N–H and O–H groups in total. The quantitative estimate of drug-likeness (QED) is 0.781. The molecule has 21 heavy (non-hydrogen) atoms. The van der Waals surface area contributed by atoms with Crippen LogP contribution in [-0.2, 0) is 0 Å². The number of anilines is 1. The molecule has 1 fully saturated rings. The third-order valence-corrected chi connectivity index (χ3v) is 4.30. The van der Waals surface area contributed by atoms with Crippen LogP contribution in [0.4, 0.5) is 5.69 Å². The second-order valence-corrected chi connectivity index (χ2v) is 5.78. The average molecular weight is 279 g/mol. The Bertz CT molecular complexity index is 603. The van der Waals surface area contributed by atoms with E-state index in [-0.39, 0.29) is 5.78 Å². The van der Waals surface area contributed by atoms with Crippen LogP contribution in [0, 0.1) is 0 Å². The molecule has 2 nitrogen and oxygen atoms in total. The van der Waals surface area contributed by atoms with Crippen LogP contribution in [0.5, 0.6) is 0 Å². The highest BCUT2D eigenvalue weighted by molar-refractivity contribution is 6.09. The SMILES string of the molecule is CC1CCCCN1c1ccc(C(=O)c2ccccc2)cc1. The van der Waals surface area contributed by atoms with Crippen molar-refractivity contribution < 1.29 is 4.79 Å². The average Bonchev–Trinajstić information content (AvgIpc) is 2.56. The Balaban J connectivity index is 1.79. The lowest BCUT2D eigenvalue weighted by Gasteiger charge is -2.35. The molecule has 0 bridgehead atoms. The van der Waals surface area contributed by atoms with Crippen molar-refractivity contribution in [3.8, 4) is 0 Å². The first-order valence-electron chi connectivity index (χ1n) is 7.72. The van der Waals surface area contributed by atoms with E-state index >= 15 is 0 Å². The summed E-state index contributed by atoms with van der Waals surface area (Å²) >= 11 is 0. The predicted molar refractivity (Wildman–Crippen MR) is 87.0 cm³/mol.